The van der Waals surface area contributed by atoms with Crippen LogP contribution in [-0.4, -0.2) is 16.3 Å². The topological polar surface area (TPSA) is 17.1 Å². The van der Waals surface area contributed by atoms with Crippen LogP contribution in [0.2, 0.25) is 0 Å². The summed E-state index contributed by atoms with van der Waals surface area (Å²) in [5.74, 6) is -0.869. The predicted octanol–water partition coefficient (Wildman–Crippen LogP) is 2.97. The highest BCUT2D eigenvalue weighted by molar-refractivity contribution is 8.01. The molecule has 1 aliphatic rings. The molecule has 0 aromatic heterocycles. The molecule has 0 amide bonds. The maximum Gasteiger partial charge on any atom is 0.146 e. The number of hydrogen-bond donors (Lipinski definition) is 0. The molecule has 86 valence electrons. The summed E-state index contributed by atoms with van der Waals surface area (Å²) in [7, 11) is 0. The third kappa shape index (κ3) is 2.26. The molecule has 1 nitrogen and oxygen atoms in total. The third-order valence-corrected chi connectivity index (χ3v) is 4.16. The van der Waals surface area contributed by atoms with Gasteiger partial charge in [-0.15, -0.1) is 11.8 Å². The standard InChI is InChI=1S/C12H12F2OS/c1-7-12(15)6-8(16-7)5-9-10(13)3-2-4-11(9)14/h2-4,7-8H,5-6H2,1H3. The Morgan fingerprint density at radius 1 is 1.38 bits per heavy atom. The number of Topliss-reactive ketones (excluding diaryl/α,β-unsaturated/α-hetero) is 1. The lowest BCUT2D eigenvalue weighted by Gasteiger charge is -2.09. The van der Waals surface area contributed by atoms with Crippen LogP contribution in [0.1, 0.15) is 18.9 Å². The van der Waals surface area contributed by atoms with Crippen molar-refractivity contribution in [3.63, 3.8) is 0 Å². The fourth-order valence-electron chi connectivity index (χ4n) is 1.88. The van der Waals surface area contributed by atoms with Gasteiger partial charge in [0.15, 0.2) is 0 Å². The van der Waals surface area contributed by atoms with Gasteiger partial charge in [-0.1, -0.05) is 6.07 Å². The number of carbonyl (C=O) groups is 1. The average molecular weight is 242 g/mol. The minimum Gasteiger partial charge on any atom is -0.298 e. The zero-order valence-electron chi connectivity index (χ0n) is 8.87. The van der Waals surface area contributed by atoms with Crippen LogP contribution in [0.3, 0.4) is 0 Å². The number of halogens is 2. The van der Waals surface area contributed by atoms with E-state index >= 15 is 0 Å². The van der Waals surface area contributed by atoms with Gasteiger partial charge < -0.3 is 0 Å². The smallest absolute Gasteiger partial charge is 0.146 e. The van der Waals surface area contributed by atoms with E-state index in [1.165, 1.54) is 30.0 Å². The van der Waals surface area contributed by atoms with Crippen molar-refractivity contribution >= 4 is 17.5 Å². The molecular weight excluding hydrogens is 230 g/mol. The van der Waals surface area contributed by atoms with E-state index in [0.29, 0.717) is 12.8 Å². The van der Waals surface area contributed by atoms with E-state index in [0.717, 1.165) is 0 Å². The van der Waals surface area contributed by atoms with E-state index in [4.69, 9.17) is 0 Å². The van der Waals surface area contributed by atoms with Gasteiger partial charge in [-0.05, 0) is 25.5 Å². The van der Waals surface area contributed by atoms with E-state index in [-0.39, 0.29) is 21.8 Å². The van der Waals surface area contributed by atoms with Crippen molar-refractivity contribution in [2.24, 2.45) is 0 Å². The van der Waals surface area contributed by atoms with Gasteiger partial charge in [0.25, 0.3) is 0 Å². The molecule has 1 aromatic rings. The largest absolute Gasteiger partial charge is 0.298 e. The molecule has 0 bridgehead atoms. The fourth-order valence-corrected chi connectivity index (χ4v) is 3.23. The van der Waals surface area contributed by atoms with Gasteiger partial charge in [-0.3, -0.25) is 4.79 Å². The van der Waals surface area contributed by atoms with Crippen LogP contribution < -0.4 is 0 Å². The molecule has 2 atom stereocenters. The number of benzene rings is 1. The quantitative estimate of drug-likeness (QED) is 0.793. The molecule has 16 heavy (non-hydrogen) atoms. The Balaban J connectivity index is 2.13. The van der Waals surface area contributed by atoms with E-state index in [2.05, 4.69) is 0 Å². The second kappa shape index (κ2) is 4.53. The van der Waals surface area contributed by atoms with Gasteiger partial charge in [0.05, 0.1) is 5.25 Å². The molecule has 0 spiro atoms. The lowest BCUT2D eigenvalue weighted by Crippen LogP contribution is -2.08. The molecule has 0 saturated carbocycles. The number of thioether (sulfide) groups is 1. The second-order valence-electron chi connectivity index (χ2n) is 3.98. The zero-order valence-corrected chi connectivity index (χ0v) is 9.69. The Labute approximate surface area is 97.2 Å². The maximum atomic E-state index is 13.4. The molecule has 2 unspecified atom stereocenters. The monoisotopic (exact) mass is 242 g/mol. The van der Waals surface area contributed by atoms with Crippen LogP contribution in [0.4, 0.5) is 8.78 Å². The van der Waals surface area contributed by atoms with Crippen LogP contribution in [0, 0.1) is 11.6 Å². The van der Waals surface area contributed by atoms with Crippen molar-refractivity contribution in [3.8, 4) is 0 Å². The highest BCUT2D eigenvalue weighted by Crippen LogP contribution is 2.33. The van der Waals surface area contributed by atoms with Gasteiger partial charge in [0.2, 0.25) is 0 Å². The molecule has 1 fully saturated rings. The van der Waals surface area contributed by atoms with Gasteiger partial charge >= 0.3 is 0 Å². The molecular formula is C12H12F2OS. The van der Waals surface area contributed by atoms with Gasteiger partial charge in [-0.25, -0.2) is 8.78 Å². The number of ketones is 1. The first kappa shape index (κ1) is 11.6. The van der Waals surface area contributed by atoms with Gasteiger partial charge in [-0.2, -0.15) is 0 Å². The molecule has 0 N–H and O–H groups in total. The van der Waals surface area contributed by atoms with Crippen LogP contribution in [0.5, 0.6) is 0 Å². The van der Waals surface area contributed by atoms with Crippen LogP contribution >= 0.6 is 11.8 Å². The van der Waals surface area contributed by atoms with Crippen molar-refractivity contribution < 1.29 is 13.6 Å². The van der Waals surface area contributed by atoms with Crippen molar-refractivity contribution in [1.82, 2.24) is 0 Å². The molecule has 1 aromatic carbocycles. The van der Waals surface area contributed by atoms with E-state index in [1.54, 1.807) is 0 Å². The van der Waals surface area contributed by atoms with E-state index in [9.17, 15) is 13.6 Å². The summed E-state index contributed by atoms with van der Waals surface area (Å²) >= 11 is 1.50. The van der Waals surface area contributed by atoms with Gasteiger partial charge in [0, 0.05) is 17.2 Å². The number of carbonyl (C=O) groups excluding carboxylic acids is 1. The molecule has 1 heterocycles. The summed E-state index contributed by atoms with van der Waals surface area (Å²) in [5, 5.41) is -0.0336. The minimum atomic E-state index is -0.521. The fraction of sp³-hybridized carbons (Fsp3) is 0.417. The van der Waals surface area contributed by atoms with E-state index < -0.39 is 11.6 Å². The molecule has 0 aliphatic carbocycles. The molecule has 1 aliphatic heterocycles. The summed E-state index contributed by atoms with van der Waals surface area (Å²) < 4.78 is 26.7. The second-order valence-corrected chi connectivity index (χ2v) is 5.62. The number of hydrogen-bond acceptors (Lipinski definition) is 2. The summed E-state index contributed by atoms with van der Waals surface area (Å²) in [4.78, 5) is 11.3. The van der Waals surface area contributed by atoms with Crippen molar-refractivity contribution in [2.75, 3.05) is 0 Å². The molecule has 0 radical (unpaired) electrons. The molecule has 1 saturated heterocycles. The highest BCUT2D eigenvalue weighted by atomic mass is 32.2. The van der Waals surface area contributed by atoms with Crippen LogP contribution in [0.25, 0.3) is 0 Å². The maximum absolute atomic E-state index is 13.4. The third-order valence-electron chi connectivity index (χ3n) is 2.77. The lowest BCUT2D eigenvalue weighted by atomic mass is 10.0. The van der Waals surface area contributed by atoms with Crippen molar-refractivity contribution in [1.29, 1.82) is 0 Å². The normalized spacial score (nSPS) is 25.1. The molecule has 4 heteroatoms. The Morgan fingerprint density at radius 3 is 2.50 bits per heavy atom. The summed E-state index contributed by atoms with van der Waals surface area (Å²) in [6, 6.07) is 3.86. The Bertz CT molecular complexity index is 399. The summed E-state index contributed by atoms with van der Waals surface area (Å²) in [5.41, 5.74) is 0.0990. The van der Waals surface area contributed by atoms with Crippen LogP contribution in [0.15, 0.2) is 18.2 Å². The van der Waals surface area contributed by atoms with Crippen molar-refractivity contribution in [3.05, 3.63) is 35.4 Å². The first-order chi connectivity index (χ1) is 7.58. The lowest BCUT2D eigenvalue weighted by molar-refractivity contribution is -0.117. The first-order valence-electron chi connectivity index (χ1n) is 5.19. The van der Waals surface area contributed by atoms with Crippen LogP contribution in [-0.2, 0) is 11.2 Å². The number of rotatable bonds is 2. The Morgan fingerprint density at radius 2 is 2.00 bits per heavy atom. The van der Waals surface area contributed by atoms with Crippen molar-refractivity contribution in [2.45, 2.75) is 30.3 Å². The Hall–Kier alpha value is -0.900. The summed E-state index contributed by atoms with van der Waals surface area (Å²) in [6.45, 7) is 1.84. The Kier molecular flexibility index (Phi) is 3.28. The molecule has 2 rings (SSSR count). The minimum absolute atomic E-state index is 0.00824. The van der Waals surface area contributed by atoms with Gasteiger partial charge in [0.1, 0.15) is 17.4 Å². The zero-order chi connectivity index (χ0) is 11.7. The predicted molar refractivity (Wildman–Crippen MR) is 60.5 cm³/mol. The first-order valence-corrected chi connectivity index (χ1v) is 6.13. The SMILES string of the molecule is CC1SC(Cc2c(F)cccc2F)CC1=O. The van der Waals surface area contributed by atoms with E-state index in [1.807, 2.05) is 6.92 Å². The average Bonchev–Trinajstić information content (AvgIpc) is 2.53. The summed E-state index contributed by atoms with van der Waals surface area (Å²) in [6.07, 6.45) is 0.707. The highest BCUT2D eigenvalue weighted by Gasteiger charge is 2.30.